The van der Waals surface area contributed by atoms with E-state index in [1.807, 2.05) is 0 Å². The van der Waals surface area contributed by atoms with Crippen molar-refractivity contribution in [2.24, 2.45) is 0 Å². The zero-order chi connectivity index (χ0) is 11.4. The molecule has 86 valence electrons. The molecule has 0 aromatic rings. The second-order valence-electron chi connectivity index (χ2n) is 4.56. The number of rotatable bonds is 6. The molecule has 0 bridgehead atoms. The Bertz CT molecular complexity index is 136. The van der Waals surface area contributed by atoms with Crippen molar-refractivity contribution in [1.82, 2.24) is 11.6 Å². The summed E-state index contributed by atoms with van der Waals surface area (Å²) in [5, 5.41) is 1.36. The van der Waals surface area contributed by atoms with E-state index in [2.05, 4.69) is 60.8 Å². The van der Waals surface area contributed by atoms with Gasteiger partial charge in [-0.1, -0.05) is 0 Å². The molecule has 0 spiro atoms. The fourth-order valence-corrected chi connectivity index (χ4v) is 11.9. The molecule has 0 aliphatic heterocycles. The second kappa shape index (κ2) is 6.10. The maximum atomic E-state index is 2.48. The van der Waals surface area contributed by atoms with E-state index >= 15 is 0 Å². The fourth-order valence-electron chi connectivity index (χ4n) is 2.28. The molecule has 4 heteroatoms. The van der Waals surface area contributed by atoms with E-state index < -0.39 is 13.9 Å². The minimum absolute atomic E-state index is 1.29. The number of hydrogen-bond acceptors (Lipinski definition) is 3. The first-order chi connectivity index (χ1) is 6.39. The van der Waals surface area contributed by atoms with Crippen molar-refractivity contribution >= 4 is 13.9 Å². The molecule has 14 heavy (non-hydrogen) atoms. The summed E-state index contributed by atoms with van der Waals surface area (Å²) in [5.41, 5.74) is 0. The average molecular weight is 262 g/mol. The molecule has 0 saturated heterocycles. The summed E-state index contributed by atoms with van der Waals surface area (Å²) in [5.74, 6) is 0. The molecule has 0 aromatic heterocycles. The molecule has 0 aromatic carbocycles. The Morgan fingerprint density at radius 1 is 0.786 bits per heavy atom. The first-order valence-electron chi connectivity index (χ1n) is 5.41. The Kier molecular flexibility index (Phi) is 6.29. The predicted molar refractivity (Wildman–Crippen MR) is 66.5 cm³/mol. The van der Waals surface area contributed by atoms with Crippen molar-refractivity contribution in [2.75, 3.05) is 42.3 Å². The zero-order valence-electron chi connectivity index (χ0n) is 11.0. The monoisotopic (exact) mass is 263 g/mol. The van der Waals surface area contributed by atoms with Gasteiger partial charge in [0, 0.05) is 0 Å². The summed E-state index contributed by atoms with van der Waals surface area (Å²) < 4.78 is 7.45. The molecule has 0 atom stereocenters. The summed E-state index contributed by atoms with van der Waals surface area (Å²) in [4.78, 5) is 0. The predicted octanol–water partition coefficient (Wildman–Crippen LogP) is 1.41. The van der Waals surface area contributed by atoms with Gasteiger partial charge in [-0.05, 0) is 0 Å². The molecule has 0 heterocycles. The normalized spacial score (nSPS) is 13.3. The fraction of sp³-hybridized carbons (Fsp3) is 1.00. The topological polar surface area (TPSA) is 9.72 Å². The van der Waals surface area contributed by atoms with Crippen LogP contribution in [0.15, 0.2) is 0 Å². The van der Waals surface area contributed by atoms with E-state index in [1.54, 1.807) is 0 Å². The van der Waals surface area contributed by atoms with Crippen LogP contribution in [0.25, 0.3) is 0 Å². The first kappa shape index (κ1) is 14.4. The third-order valence-corrected chi connectivity index (χ3v) is 14.2. The van der Waals surface area contributed by atoms with Crippen LogP contribution in [0.1, 0.15) is 19.8 Å². The van der Waals surface area contributed by atoms with Crippen LogP contribution in [0, 0.1) is 0 Å². The Morgan fingerprint density at radius 3 is 1.36 bits per heavy atom. The molecule has 0 aliphatic carbocycles. The van der Waals surface area contributed by atoms with Gasteiger partial charge in [-0.15, -0.1) is 0 Å². The van der Waals surface area contributed by atoms with Crippen LogP contribution < -0.4 is 0 Å². The Labute approximate surface area is 93.1 Å². The van der Waals surface area contributed by atoms with Crippen molar-refractivity contribution in [3.8, 4) is 0 Å². The van der Waals surface area contributed by atoms with E-state index in [9.17, 15) is 0 Å². The Morgan fingerprint density at radius 2 is 1.14 bits per heavy atom. The van der Waals surface area contributed by atoms with E-state index in [0.29, 0.717) is 0 Å². The van der Waals surface area contributed by atoms with Gasteiger partial charge in [0.25, 0.3) is 0 Å². The summed E-state index contributed by atoms with van der Waals surface area (Å²) in [6, 6.07) is 0. The average Bonchev–Trinajstić information content (AvgIpc) is 2.03. The summed E-state index contributed by atoms with van der Waals surface area (Å²) >= 11 is -2.11. The van der Waals surface area contributed by atoms with Gasteiger partial charge in [-0.25, -0.2) is 0 Å². The second-order valence-corrected chi connectivity index (χ2v) is 14.5. The molecule has 3 nitrogen and oxygen atoms in total. The molecular formula is C10H27GeN3. The number of hydrogen-bond donors (Lipinski definition) is 0. The summed E-state index contributed by atoms with van der Waals surface area (Å²) in [6.07, 6.45) is 2.64. The molecule has 0 N–H and O–H groups in total. The van der Waals surface area contributed by atoms with Crippen molar-refractivity contribution in [3.05, 3.63) is 0 Å². The van der Waals surface area contributed by atoms with Gasteiger partial charge in [-0.2, -0.15) is 0 Å². The third-order valence-electron chi connectivity index (χ3n) is 3.01. The van der Waals surface area contributed by atoms with Crippen molar-refractivity contribution in [3.63, 3.8) is 0 Å². The van der Waals surface area contributed by atoms with E-state index in [1.165, 1.54) is 18.1 Å². The van der Waals surface area contributed by atoms with Crippen LogP contribution in [0.5, 0.6) is 0 Å². The first-order valence-corrected chi connectivity index (χ1v) is 9.71. The zero-order valence-corrected chi connectivity index (χ0v) is 13.1. The van der Waals surface area contributed by atoms with Gasteiger partial charge >= 0.3 is 92.8 Å². The SMILES string of the molecule is CCC[CH2][Ge]([N](C)C)([N](C)C)[N](C)C. The summed E-state index contributed by atoms with van der Waals surface area (Å²) in [7, 11) is 13.4. The quantitative estimate of drug-likeness (QED) is 0.670. The Hall–Kier alpha value is 0.423. The van der Waals surface area contributed by atoms with Crippen LogP contribution in [0.2, 0.25) is 5.25 Å². The van der Waals surface area contributed by atoms with E-state index in [0.717, 1.165) is 0 Å². The molecule has 0 rings (SSSR count). The van der Waals surface area contributed by atoms with Gasteiger partial charge < -0.3 is 0 Å². The van der Waals surface area contributed by atoms with Crippen LogP contribution in [-0.2, 0) is 0 Å². The van der Waals surface area contributed by atoms with Crippen LogP contribution in [0.3, 0.4) is 0 Å². The van der Waals surface area contributed by atoms with Crippen molar-refractivity contribution in [2.45, 2.75) is 25.0 Å². The molecule has 0 radical (unpaired) electrons. The standard InChI is InChI=1S/C10H27GeN3/c1-8-9-10-11(12(2)3,13(4)5)14(6)7/h8-10H2,1-7H3. The molecule has 0 unspecified atom stereocenters. The molecule has 0 saturated carbocycles. The molecule has 0 amide bonds. The molecule has 0 aliphatic rings. The van der Waals surface area contributed by atoms with Gasteiger partial charge in [0.15, 0.2) is 0 Å². The van der Waals surface area contributed by atoms with Crippen LogP contribution in [-0.4, -0.2) is 67.8 Å². The summed E-state index contributed by atoms with van der Waals surface area (Å²) in [6.45, 7) is 2.27. The minimum atomic E-state index is -2.11. The number of nitrogens with zero attached hydrogens (tertiary/aromatic N) is 3. The van der Waals surface area contributed by atoms with Crippen molar-refractivity contribution < 1.29 is 0 Å². The van der Waals surface area contributed by atoms with Gasteiger partial charge in [0.05, 0.1) is 0 Å². The third kappa shape index (κ3) is 2.95. The van der Waals surface area contributed by atoms with E-state index in [4.69, 9.17) is 0 Å². The van der Waals surface area contributed by atoms with Crippen LogP contribution >= 0.6 is 0 Å². The van der Waals surface area contributed by atoms with Gasteiger partial charge in [-0.3, -0.25) is 0 Å². The van der Waals surface area contributed by atoms with Crippen molar-refractivity contribution in [1.29, 1.82) is 0 Å². The molecular weight excluding hydrogens is 235 g/mol. The maximum absolute atomic E-state index is 2.48. The Balaban J connectivity index is 4.76. The van der Waals surface area contributed by atoms with Gasteiger partial charge in [0.1, 0.15) is 0 Å². The van der Waals surface area contributed by atoms with E-state index in [-0.39, 0.29) is 0 Å². The number of unbranched alkanes of at least 4 members (excludes halogenated alkanes) is 1. The van der Waals surface area contributed by atoms with Gasteiger partial charge in [0.2, 0.25) is 0 Å². The molecule has 0 fully saturated rings. The van der Waals surface area contributed by atoms with Crippen LogP contribution in [0.4, 0.5) is 0 Å².